The van der Waals surface area contributed by atoms with E-state index >= 15 is 0 Å². The number of nitrogens with one attached hydrogen (secondary N) is 1. The predicted molar refractivity (Wildman–Crippen MR) is 99.4 cm³/mol. The Labute approximate surface area is 155 Å². The molecule has 1 atom stereocenters. The number of likely N-dealkylation sites (tertiary alicyclic amines) is 1. The van der Waals surface area contributed by atoms with Crippen molar-refractivity contribution >= 4 is 17.6 Å². The highest BCUT2D eigenvalue weighted by atomic mass is 16.2. The number of nitrogens with zero attached hydrogens (tertiary/aromatic N) is 2. The second kappa shape index (κ2) is 8.92. The van der Waals surface area contributed by atoms with Crippen LogP contribution in [0.4, 0.5) is 0 Å². The average molecular weight is 359 g/mol. The van der Waals surface area contributed by atoms with E-state index in [2.05, 4.69) is 10.3 Å². The molecule has 1 aliphatic rings. The van der Waals surface area contributed by atoms with Crippen molar-refractivity contribution in [2.45, 2.75) is 58.9 Å². The molecule has 0 saturated carbocycles. The number of hydrogen-bond donors (Lipinski definition) is 1. The Hall–Kier alpha value is -2.24. The molecular weight excluding hydrogens is 330 g/mol. The molecule has 0 spiro atoms. The van der Waals surface area contributed by atoms with Crippen molar-refractivity contribution in [2.75, 3.05) is 13.1 Å². The summed E-state index contributed by atoms with van der Waals surface area (Å²) in [7, 11) is 0. The van der Waals surface area contributed by atoms with Crippen molar-refractivity contribution in [2.24, 2.45) is 5.41 Å². The minimum atomic E-state index is -0.690. The minimum Gasteiger partial charge on any atom is -0.354 e. The molecule has 2 rings (SSSR count). The number of carbonyl (C=O) groups is 3. The number of amides is 2. The van der Waals surface area contributed by atoms with Crippen LogP contribution in [0.15, 0.2) is 24.5 Å². The highest BCUT2D eigenvalue weighted by molar-refractivity contribution is 6.38. The number of aromatic nitrogens is 1. The van der Waals surface area contributed by atoms with Gasteiger partial charge in [0.25, 0.3) is 5.91 Å². The second-order valence-electron chi connectivity index (χ2n) is 7.48. The number of rotatable bonds is 8. The number of pyridine rings is 1. The Morgan fingerprint density at radius 1 is 1.35 bits per heavy atom. The van der Waals surface area contributed by atoms with E-state index in [0.29, 0.717) is 25.9 Å². The number of carbonyl (C=O) groups excluding carboxylic acids is 3. The third-order valence-corrected chi connectivity index (χ3v) is 5.17. The van der Waals surface area contributed by atoms with Gasteiger partial charge in [0.15, 0.2) is 0 Å². The Morgan fingerprint density at radius 3 is 2.77 bits per heavy atom. The van der Waals surface area contributed by atoms with Crippen LogP contribution in [0.5, 0.6) is 0 Å². The summed E-state index contributed by atoms with van der Waals surface area (Å²) < 4.78 is 0. The molecule has 1 fully saturated rings. The summed E-state index contributed by atoms with van der Waals surface area (Å²) >= 11 is 0. The third kappa shape index (κ3) is 4.90. The highest BCUT2D eigenvalue weighted by Crippen LogP contribution is 2.25. The van der Waals surface area contributed by atoms with Crippen LogP contribution >= 0.6 is 0 Å². The van der Waals surface area contributed by atoms with Crippen LogP contribution < -0.4 is 5.32 Å². The van der Waals surface area contributed by atoms with E-state index in [9.17, 15) is 14.4 Å². The van der Waals surface area contributed by atoms with Crippen LogP contribution in [0.1, 0.15) is 52.0 Å². The predicted octanol–water partition coefficient (Wildman–Crippen LogP) is 2.13. The molecular formula is C20H29N3O3. The minimum absolute atomic E-state index is 0.163. The maximum Gasteiger partial charge on any atom is 0.291 e. The summed E-state index contributed by atoms with van der Waals surface area (Å²) in [5.41, 5.74) is 0.441. The lowest BCUT2D eigenvalue weighted by Gasteiger charge is -2.27. The zero-order valence-electron chi connectivity index (χ0n) is 16.0. The van der Waals surface area contributed by atoms with Gasteiger partial charge in [-0.25, -0.2) is 0 Å². The molecule has 2 amide bonds. The molecule has 1 N–H and O–H groups in total. The summed E-state index contributed by atoms with van der Waals surface area (Å²) in [5, 5.41) is 2.91. The van der Waals surface area contributed by atoms with Gasteiger partial charge in [-0.2, -0.15) is 0 Å². The summed E-state index contributed by atoms with van der Waals surface area (Å²) in [4.78, 5) is 43.0. The molecule has 1 saturated heterocycles. The molecule has 1 aromatic rings. The molecule has 142 valence electrons. The van der Waals surface area contributed by atoms with Crippen LogP contribution in [0.3, 0.4) is 0 Å². The lowest BCUT2D eigenvalue weighted by atomic mass is 9.84. The normalized spacial score (nSPS) is 17.2. The SMILES string of the molecule is CCC(C)(C)C(=O)C(=O)N1CCC[C@H]1C(=O)NCCCc1cccnc1. The van der Waals surface area contributed by atoms with E-state index in [1.54, 1.807) is 20.0 Å². The molecule has 1 aromatic heterocycles. The zero-order valence-corrected chi connectivity index (χ0v) is 16.0. The van der Waals surface area contributed by atoms with Crippen molar-refractivity contribution in [1.82, 2.24) is 15.2 Å². The Balaban J connectivity index is 1.85. The van der Waals surface area contributed by atoms with Crippen molar-refractivity contribution in [3.05, 3.63) is 30.1 Å². The summed E-state index contributed by atoms with van der Waals surface area (Å²) in [6, 6.07) is 3.37. The molecule has 0 aromatic carbocycles. The number of aryl methyl sites for hydroxylation is 1. The Morgan fingerprint density at radius 2 is 2.12 bits per heavy atom. The average Bonchev–Trinajstić information content (AvgIpc) is 3.14. The van der Waals surface area contributed by atoms with E-state index in [-0.39, 0.29) is 5.91 Å². The topological polar surface area (TPSA) is 79.4 Å². The monoisotopic (exact) mass is 359 g/mol. The first-order valence-corrected chi connectivity index (χ1v) is 9.39. The van der Waals surface area contributed by atoms with Gasteiger partial charge in [-0.05, 0) is 43.7 Å². The van der Waals surface area contributed by atoms with Gasteiger partial charge in [-0.1, -0.05) is 26.8 Å². The van der Waals surface area contributed by atoms with E-state index in [1.807, 2.05) is 25.3 Å². The first-order valence-electron chi connectivity index (χ1n) is 9.39. The van der Waals surface area contributed by atoms with Crippen LogP contribution in [0.2, 0.25) is 0 Å². The molecule has 0 aliphatic carbocycles. The molecule has 0 unspecified atom stereocenters. The van der Waals surface area contributed by atoms with Crippen LogP contribution in [0.25, 0.3) is 0 Å². The maximum absolute atomic E-state index is 12.6. The van der Waals surface area contributed by atoms with Gasteiger partial charge in [-0.15, -0.1) is 0 Å². The highest BCUT2D eigenvalue weighted by Gasteiger charge is 2.40. The van der Waals surface area contributed by atoms with E-state index in [4.69, 9.17) is 0 Å². The standard InChI is InChI=1S/C20H29N3O3/c1-4-20(2,3)17(24)19(26)23-13-7-10-16(23)18(25)22-12-6-9-15-8-5-11-21-14-15/h5,8,11,14,16H,4,6-7,9-10,12-13H2,1-3H3,(H,22,25)/t16-/m0/s1. The lowest BCUT2D eigenvalue weighted by molar-refractivity contribution is -0.151. The molecule has 1 aliphatic heterocycles. The van der Waals surface area contributed by atoms with E-state index in [0.717, 1.165) is 24.8 Å². The fourth-order valence-corrected chi connectivity index (χ4v) is 3.03. The largest absolute Gasteiger partial charge is 0.354 e. The van der Waals surface area contributed by atoms with Gasteiger partial charge >= 0.3 is 0 Å². The van der Waals surface area contributed by atoms with Crippen molar-refractivity contribution in [1.29, 1.82) is 0 Å². The first kappa shape index (κ1) is 20.1. The second-order valence-corrected chi connectivity index (χ2v) is 7.48. The molecule has 0 radical (unpaired) electrons. The third-order valence-electron chi connectivity index (χ3n) is 5.17. The molecule has 2 heterocycles. The number of Topliss-reactive ketones (excluding diaryl/α,β-unsaturated/α-hetero) is 1. The molecule has 6 nitrogen and oxygen atoms in total. The summed E-state index contributed by atoms with van der Waals surface area (Å²) in [6.07, 6.45) is 7.15. The number of hydrogen-bond acceptors (Lipinski definition) is 4. The van der Waals surface area contributed by atoms with Crippen LogP contribution in [-0.2, 0) is 20.8 Å². The molecule has 26 heavy (non-hydrogen) atoms. The first-order chi connectivity index (χ1) is 12.4. The van der Waals surface area contributed by atoms with E-state index in [1.165, 1.54) is 4.90 Å². The summed E-state index contributed by atoms with van der Waals surface area (Å²) in [6.45, 7) is 6.45. The van der Waals surface area contributed by atoms with Crippen molar-refractivity contribution in [3.8, 4) is 0 Å². The van der Waals surface area contributed by atoms with Gasteiger partial charge < -0.3 is 10.2 Å². The Kier molecular flexibility index (Phi) is 6.89. The lowest BCUT2D eigenvalue weighted by Crippen LogP contribution is -2.50. The fourth-order valence-electron chi connectivity index (χ4n) is 3.03. The maximum atomic E-state index is 12.6. The van der Waals surface area contributed by atoms with Gasteiger partial charge in [0, 0.05) is 30.9 Å². The zero-order chi connectivity index (χ0) is 19.2. The van der Waals surface area contributed by atoms with Crippen LogP contribution in [0, 0.1) is 5.41 Å². The van der Waals surface area contributed by atoms with Crippen molar-refractivity contribution < 1.29 is 14.4 Å². The fraction of sp³-hybridized carbons (Fsp3) is 0.600. The quantitative estimate of drug-likeness (QED) is 0.570. The van der Waals surface area contributed by atoms with Gasteiger partial charge in [0.1, 0.15) is 6.04 Å². The number of ketones is 1. The van der Waals surface area contributed by atoms with Gasteiger partial charge in [-0.3, -0.25) is 19.4 Å². The van der Waals surface area contributed by atoms with Crippen LogP contribution in [-0.4, -0.2) is 46.6 Å². The van der Waals surface area contributed by atoms with Crippen molar-refractivity contribution in [3.63, 3.8) is 0 Å². The smallest absolute Gasteiger partial charge is 0.291 e. The summed E-state index contributed by atoms with van der Waals surface area (Å²) in [5.74, 6) is -1.09. The van der Waals surface area contributed by atoms with E-state index < -0.39 is 23.1 Å². The van der Waals surface area contributed by atoms with Gasteiger partial charge in [0.2, 0.25) is 11.7 Å². The molecule has 6 heteroatoms. The van der Waals surface area contributed by atoms with Gasteiger partial charge in [0.05, 0.1) is 0 Å². The Bertz CT molecular complexity index is 643. The molecule has 0 bridgehead atoms.